The highest BCUT2D eigenvalue weighted by Gasteiger charge is 2.33. The summed E-state index contributed by atoms with van der Waals surface area (Å²) in [6.45, 7) is 0. The first kappa shape index (κ1) is 17.4. The van der Waals surface area contributed by atoms with Gasteiger partial charge in [0.1, 0.15) is 23.6 Å². The molecule has 4 heterocycles. The monoisotopic (exact) mass is 409 g/mol. The van der Waals surface area contributed by atoms with Crippen LogP contribution in [0.15, 0.2) is 73.3 Å². The lowest BCUT2D eigenvalue weighted by molar-refractivity contribution is 0.422. The molecule has 6 rings (SSSR count). The van der Waals surface area contributed by atoms with E-state index >= 15 is 0 Å². The highest BCUT2D eigenvalue weighted by molar-refractivity contribution is 5.70. The number of hydrogen-bond donors (Lipinski definition) is 2. The molecule has 0 amide bonds. The van der Waals surface area contributed by atoms with E-state index in [0.29, 0.717) is 28.7 Å². The number of phenolic OH excluding ortho intramolecular Hbond substituents is 2. The number of fused-ring (bicyclic) bond motifs is 4. The normalized spacial score (nSPS) is 14.6. The molecule has 8 nitrogen and oxygen atoms in total. The van der Waals surface area contributed by atoms with E-state index in [1.165, 1.54) is 6.33 Å². The summed E-state index contributed by atoms with van der Waals surface area (Å²) in [6, 6.07) is 15.8. The number of rotatable bonds is 2. The van der Waals surface area contributed by atoms with Crippen molar-refractivity contribution in [2.45, 2.75) is 5.92 Å². The van der Waals surface area contributed by atoms with Gasteiger partial charge in [-0.25, -0.2) is 14.5 Å². The molecule has 8 heteroatoms. The van der Waals surface area contributed by atoms with E-state index in [0.717, 1.165) is 16.7 Å². The molecule has 3 aromatic heterocycles. The Labute approximate surface area is 176 Å². The van der Waals surface area contributed by atoms with Crippen LogP contribution in [0.5, 0.6) is 23.1 Å². The van der Waals surface area contributed by atoms with Gasteiger partial charge in [-0.1, -0.05) is 24.3 Å². The van der Waals surface area contributed by atoms with Gasteiger partial charge in [0, 0.05) is 29.9 Å². The maximum Gasteiger partial charge on any atom is 0.228 e. The maximum atomic E-state index is 10.3. The molecule has 1 atom stereocenters. The molecule has 0 saturated heterocycles. The molecule has 0 aliphatic carbocycles. The minimum atomic E-state index is -0.273. The fourth-order valence-corrected chi connectivity index (χ4v) is 3.97. The summed E-state index contributed by atoms with van der Waals surface area (Å²) in [5.74, 6) is 1.23. The molecule has 31 heavy (non-hydrogen) atoms. The average molecular weight is 409 g/mol. The van der Waals surface area contributed by atoms with E-state index in [-0.39, 0.29) is 17.4 Å². The van der Waals surface area contributed by atoms with Crippen molar-refractivity contribution < 1.29 is 14.9 Å². The standard InChI is InChI=1S/C23H15N5O3/c29-14-7-8-16-18(10-14)31-23-20(19(16)13-4-3-9-24-11-13)22-26-21(27-28(22)12-25-23)15-5-1-2-6-17(15)30/h1-12,19,29-30H. The van der Waals surface area contributed by atoms with Crippen molar-refractivity contribution in [2.24, 2.45) is 0 Å². The second-order valence-electron chi connectivity index (χ2n) is 7.23. The Bertz CT molecular complexity index is 1450. The van der Waals surface area contributed by atoms with Crippen LogP contribution < -0.4 is 4.74 Å². The van der Waals surface area contributed by atoms with E-state index in [1.54, 1.807) is 47.2 Å². The molecule has 0 saturated carbocycles. The molecule has 0 fully saturated rings. The summed E-state index contributed by atoms with van der Waals surface area (Å²) in [5, 5.41) is 24.7. The Morgan fingerprint density at radius 2 is 1.90 bits per heavy atom. The number of ether oxygens (including phenoxy) is 1. The Balaban J connectivity index is 1.63. The predicted octanol–water partition coefficient (Wildman–Crippen LogP) is 3.88. The van der Waals surface area contributed by atoms with Crippen molar-refractivity contribution in [3.05, 3.63) is 90.0 Å². The zero-order chi connectivity index (χ0) is 20.9. The third-order valence-electron chi connectivity index (χ3n) is 5.35. The number of pyridine rings is 1. The van der Waals surface area contributed by atoms with Crippen molar-refractivity contribution in [2.75, 3.05) is 0 Å². The summed E-state index contributed by atoms with van der Waals surface area (Å²) < 4.78 is 7.62. The van der Waals surface area contributed by atoms with Gasteiger partial charge in [-0.2, -0.15) is 0 Å². The van der Waals surface area contributed by atoms with Gasteiger partial charge in [-0.05, 0) is 29.8 Å². The van der Waals surface area contributed by atoms with Crippen LogP contribution in [0, 0.1) is 0 Å². The molecular formula is C23H15N5O3. The number of aromatic nitrogens is 5. The summed E-state index contributed by atoms with van der Waals surface area (Å²) in [7, 11) is 0. The Morgan fingerprint density at radius 1 is 1.00 bits per heavy atom. The molecule has 150 valence electrons. The number of benzene rings is 2. The largest absolute Gasteiger partial charge is 0.508 e. The number of para-hydroxylation sites is 1. The van der Waals surface area contributed by atoms with E-state index in [9.17, 15) is 10.2 Å². The number of aromatic hydroxyl groups is 2. The van der Waals surface area contributed by atoms with Gasteiger partial charge >= 0.3 is 0 Å². The number of phenols is 2. The van der Waals surface area contributed by atoms with Crippen molar-refractivity contribution in [3.63, 3.8) is 0 Å². The topological polar surface area (TPSA) is 106 Å². The molecule has 0 radical (unpaired) electrons. The van der Waals surface area contributed by atoms with Crippen molar-refractivity contribution in [1.29, 1.82) is 0 Å². The zero-order valence-corrected chi connectivity index (χ0v) is 16.0. The van der Waals surface area contributed by atoms with Crippen LogP contribution in [-0.2, 0) is 0 Å². The second kappa shape index (κ2) is 6.53. The van der Waals surface area contributed by atoms with Crippen molar-refractivity contribution in [1.82, 2.24) is 24.6 Å². The van der Waals surface area contributed by atoms with Gasteiger partial charge in [-0.3, -0.25) is 4.98 Å². The molecule has 1 aliphatic rings. The van der Waals surface area contributed by atoms with Crippen LogP contribution >= 0.6 is 0 Å². The summed E-state index contributed by atoms with van der Waals surface area (Å²) in [6.07, 6.45) is 5.03. The number of hydrogen-bond acceptors (Lipinski definition) is 7. The first-order valence-corrected chi connectivity index (χ1v) is 9.63. The molecular weight excluding hydrogens is 394 g/mol. The van der Waals surface area contributed by atoms with Crippen molar-refractivity contribution >= 4 is 5.65 Å². The molecule has 2 aromatic carbocycles. The lowest BCUT2D eigenvalue weighted by Crippen LogP contribution is -2.15. The molecule has 2 N–H and O–H groups in total. The van der Waals surface area contributed by atoms with Gasteiger partial charge in [0.2, 0.25) is 5.88 Å². The van der Waals surface area contributed by atoms with Crippen molar-refractivity contribution in [3.8, 4) is 34.5 Å². The smallest absolute Gasteiger partial charge is 0.228 e. The first-order valence-electron chi connectivity index (χ1n) is 9.63. The first-order chi connectivity index (χ1) is 15.2. The number of nitrogens with zero attached hydrogens (tertiary/aromatic N) is 5. The van der Waals surface area contributed by atoms with Gasteiger partial charge < -0.3 is 14.9 Å². The summed E-state index contributed by atoms with van der Waals surface area (Å²) >= 11 is 0. The van der Waals surface area contributed by atoms with E-state index in [1.807, 2.05) is 24.3 Å². The van der Waals surface area contributed by atoms with Gasteiger partial charge in [0.15, 0.2) is 11.5 Å². The average Bonchev–Trinajstić information content (AvgIpc) is 3.22. The second-order valence-corrected chi connectivity index (χ2v) is 7.23. The summed E-state index contributed by atoms with van der Waals surface area (Å²) in [4.78, 5) is 13.5. The maximum absolute atomic E-state index is 10.3. The lowest BCUT2D eigenvalue weighted by atomic mass is 9.84. The highest BCUT2D eigenvalue weighted by atomic mass is 16.5. The van der Waals surface area contributed by atoms with Crippen LogP contribution in [0.4, 0.5) is 0 Å². The molecule has 1 aliphatic heterocycles. The molecule has 1 unspecified atom stereocenters. The Kier molecular flexibility index (Phi) is 3.66. The van der Waals surface area contributed by atoms with Crippen LogP contribution in [0.25, 0.3) is 17.0 Å². The van der Waals surface area contributed by atoms with Crippen LogP contribution in [0.1, 0.15) is 22.6 Å². The third kappa shape index (κ3) is 2.69. The van der Waals surface area contributed by atoms with Crippen LogP contribution in [0.2, 0.25) is 0 Å². The Hall–Kier alpha value is -4.46. The van der Waals surface area contributed by atoms with E-state index < -0.39 is 0 Å². The lowest BCUT2D eigenvalue weighted by Gasteiger charge is -2.27. The highest BCUT2D eigenvalue weighted by Crippen LogP contribution is 2.48. The fraction of sp³-hybridized carbons (Fsp3) is 0.0435. The van der Waals surface area contributed by atoms with E-state index in [2.05, 4.69) is 15.1 Å². The predicted molar refractivity (Wildman–Crippen MR) is 111 cm³/mol. The molecule has 0 bridgehead atoms. The van der Waals surface area contributed by atoms with Gasteiger partial charge in [-0.15, -0.1) is 5.10 Å². The third-order valence-corrected chi connectivity index (χ3v) is 5.35. The summed E-state index contributed by atoms with van der Waals surface area (Å²) in [5.41, 5.74) is 3.62. The van der Waals surface area contributed by atoms with Crippen LogP contribution in [0.3, 0.4) is 0 Å². The minimum absolute atomic E-state index is 0.0983. The molecule has 0 spiro atoms. The minimum Gasteiger partial charge on any atom is -0.508 e. The van der Waals surface area contributed by atoms with E-state index in [4.69, 9.17) is 9.72 Å². The zero-order valence-electron chi connectivity index (χ0n) is 16.0. The Morgan fingerprint density at radius 3 is 2.74 bits per heavy atom. The quantitative estimate of drug-likeness (QED) is 0.447. The SMILES string of the molecule is Oc1ccc2c(c1)Oc1ncn3nc(-c4ccccc4O)nc3c1C2c1cccnc1. The molecule has 5 aromatic rings. The fourth-order valence-electron chi connectivity index (χ4n) is 3.97. The van der Waals surface area contributed by atoms with Crippen LogP contribution in [-0.4, -0.2) is 34.8 Å². The van der Waals surface area contributed by atoms with Gasteiger partial charge in [0.05, 0.1) is 11.1 Å². The van der Waals surface area contributed by atoms with Gasteiger partial charge in [0.25, 0.3) is 0 Å².